The van der Waals surface area contributed by atoms with Gasteiger partial charge in [-0.3, -0.25) is 19.3 Å². The number of aliphatic hydroxyl groups is 4. The van der Waals surface area contributed by atoms with E-state index in [9.17, 15) is 39.9 Å². The highest BCUT2D eigenvalue weighted by molar-refractivity contribution is 6.24. The quantitative estimate of drug-likeness (QED) is 0.195. The van der Waals surface area contributed by atoms with Crippen LogP contribution in [0.1, 0.15) is 42.9 Å². The van der Waals surface area contributed by atoms with Crippen molar-refractivity contribution in [1.29, 1.82) is 0 Å². The fraction of sp³-hybridized carbons (Fsp3) is 0.324. The first-order valence-corrected chi connectivity index (χ1v) is 14.6. The number of hydrogen-bond acceptors (Lipinski definition) is 10. The molecule has 45 heavy (non-hydrogen) atoms. The topological polar surface area (TPSA) is 194 Å². The van der Waals surface area contributed by atoms with Gasteiger partial charge in [-0.25, -0.2) is 0 Å². The van der Waals surface area contributed by atoms with Crippen LogP contribution in [0.2, 0.25) is 0 Å². The number of nitrogens with one attached hydrogen (secondary N) is 1. The number of nitrogens with zero attached hydrogens (tertiary/aromatic N) is 1. The van der Waals surface area contributed by atoms with E-state index in [4.69, 9.17) is 5.73 Å². The molecule has 0 heterocycles. The maximum atomic E-state index is 14.2. The number of aliphatic hydroxyl groups excluding tert-OH is 3. The monoisotopic (exact) mass is 613 g/mol. The van der Waals surface area contributed by atoms with Crippen LogP contribution in [0.3, 0.4) is 0 Å². The number of phenolic OH excluding ortho intramolecular Hbond substituents is 1. The van der Waals surface area contributed by atoms with Crippen molar-refractivity contribution in [3.63, 3.8) is 0 Å². The summed E-state index contributed by atoms with van der Waals surface area (Å²) in [7, 11) is 2.94. The highest BCUT2D eigenvalue weighted by Crippen LogP contribution is 2.56. The Morgan fingerprint density at radius 1 is 1.07 bits per heavy atom. The molecule has 0 unspecified atom stereocenters. The van der Waals surface area contributed by atoms with Gasteiger partial charge >= 0.3 is 0 Å². The lowest BCUT2D eigenvalue weighted by Crippen LogP contribution is -2.70. The number of allylic oxidation sites excluding steroid dienone is 3. The number of primary amides is 1. The van der Waals surface area contributed by atoms with Gasteiger partial charge in [0, 0.05) is 23.6 Å². The molecule has 4 aliphatic rings. The van der Waals surface area contributed by atoms with Crippen molar-refractivity contribution in [3.8, 4) is 5.75 Å². The van der Waals surface area contributed by atoms with Crippen molar-refractivity contribution < 1.29 is 39.9 Å². The number of nitrogens with two attached hydrogens (primary N) is 1. The Kier molecular flexibility index (Phi) is 7.03. The second-order valence-electron chi connectivity index (χ2n) is 12.5. The fourth-order valence-corrected chi connectivity index (χ4v) is 7.65. The average molecular weight is 614 g/mol. The molecular weight excluding hydrogens is 578 g/mol. The summed E-state index contributed by atoms with van der Waals surface area (Å²) in [6.45, 7) is 3.71. The lowest BCUT2D eigenvalue weighted by atomic mass is 9.54. The van der Waals surface area contributed by atoms with Crippen molar-refractivity contribution >= 4 is 34.5 Å². The average Bonchev–Trinajstić information content (AvgIpc) is 3.35. The van der Waals surface area contributed by atoms with Crippen molar-refractivity contribution in [1.82, 2.24) is 4.90 Å². The first-order chi connectivity index (χ1) is 21.2. The Balaban J connectivity index is 1.46. The van der Waals surface area contributed by atoms with Crippen molar-refractivity contribution in [3.05, 3.63) is 93.4 Å². The van der Waals surface area contributed by atoms with Crippen LogP contribution >= 0.6 is 0 Å². The summed E-state index contributed by atoms with van der Waals surface area (Å²) in [5.74, 6) is -9.20. The Morgan fingerprint density at radius 2 is 1.73 bits per heavy atom. The number of ketones is 2. The third kappa shape index (κ3) is 4.18. The first kappa shape index (κ1) is 30.3. The largest absolute Gasteiger partial charge is 0.508 e. The van der Waals surface area contributed by atoms with E-state index in [1.54, 1.807) is 19.1 Å². The van der Waals surface area contributed by atoms with Gasteiger partial charge in [-0.15, -0.1) is 0 Å². The maximum absolute atomic E-state index is 14.2. The lowest BCUT2D eigenvalue weighted by molar-refractivity contribution is -0.169. The van der Waals surface area contributed by atoms with Gasteiger partial charge in [-0.2, -0.15) is 0 Å². The molecule has 0 bridgehead atoms. The van der Waals surface area contributed by atoms with Gasteiger partial charge in [0.05, 0.1) is 29.3 Å². The first-order valence-electron chi connectivity index (χ1n) is 14.6. The summed E-state index contributed by atoms with van der Waals surface area (Å²) < 4.78 is 0. The van der Waals surface area contributed by atoms with Crippen LogP contribution in [0.15, 0.2) is 76.7 Å². The fourth-order valence-electron chi connectivity index (χ4n) is 7.65. The van der Waals surface area contributed by atoms with E-state index in [1.807, 2.05) is 43.3 Å². The molecule has 6 atom stereocenters. The Labute approximate surface area is 259 Å². The van der Waals surface area contributed by atoms with Crippen LogP contribution < -0.4 is 11.1 Å². The minimum atomic E-state index is -2.96. The number of rotatable bonds is 5. The molecule has 0 aliphatic heterocycles. The number of carbonyl (C=O) groups is 3. The molecule has 2 aromatic rings. The molecular formula is C34H35N3O8. The number of likely N-dealkylation sites (N-methyl/N-ethyl adjacent to an activating group) is 1. The molecule has 4 aliphatic carbocycles. The van der Waals surface area contributed by atoms with E-state index in [-0.39, 0.29) is 17.0 Å². The summed E-state index contributed by atoms with van der Waals surface area (Å²) in [6.07, 6.45) is 0.925. The van der Waals surface area contributed by atoms with E-state index < -0.39 is 75.6 Å². The van der Waals surface area contributed by atoms with E-state index in [0.29, 0.717) is 12.0 Å². The molecule has 8 N–H and O–H groups in total. The van der Waals surface area contributed by atoms with Crippen LogP contribution in [0, 0.1) is 11.8 Å². The summed E-state index contributed by atoms with van der Waals surface area (Å²) in [5, 5.41) is 61.0. The van der Waals surface area contributed by atoms with E-state index in [0.717, 1.165) is 22.4 Å². The maximum Gasteiger partial charge on any atom is 0.255 e. The standard InChI is InChI=1S/C34H35N3O8/c1-14-12-17(13-19(14)16-8-6-5-7-9-16)36-20-11-10-18-15(2)21-23(28(39)22(18)27(20)38)31(42)34(45)25(29(21)40)26(37(3)4)30(41)24(32(34)43)33(35)44/h5-11,13,15,21,25-26,29,36,38-40,43,45H,12H2,1-4H3,(H2,35,44)/t15-,21+,25+,26-,29-,34-/m0/s1. The Bertz CT molecular complexity index is 1800. The molecule has 1 saturated carbocycles. The molecule has 0 radical (unpaired) electrons. The number of amides is 1. The van der Waals surface area contributed by atoms with Gasteiger partial charge in [-0.05, 0) is 55.8 Å². The zero-order chi connectivity index (χ0) is 32.7. The summed E-state index contributed by atoms with van der Waals surface area (Å²) in [5.41, 5.74) is 5.68. The van der Waals surface area contributed by atoms with Crippen molar-refractivity contribution in [2.45, 2.75) is 43.9 Å². The Hall–Kier alpha value is -4.71. The number of anilines is 1. The summed E-state index contributed by atoms with van der Waals surface area (Å²) in [6, 6.07) is 11.8. The van der Waals surface area contributed by atoms with E-state index in [1.165, 1.54) is 19.0 Å². The highest BCUT2D eigenvalue weighted by atomic mass is 16.4. The predicted molar refractivity (Wildman–Crippen MR) is 166 cm³/mol. The molecule has 1 amide bonds. The number of benzene rings is 2. The molecule has 0 spiro atoms. The van der Waals surface area contributed by atoms with Gasteiger partial charge in [0.1, 0.15) is 22.8 Å². The second-order valence-corrected chi connectivity index (χ2v) is 12.5. The number of fused-ring (bicyclic) bond motifs is 3. The summed E-state index contributed by atoms with van der Waals surface area (Å²) in [4.78, 5) is 41.1. The van der Waals surface area contributed by atoms with Crippen LogP contribution in [-0.2, 0) is 14.4 Å². The molecule has 11 heteroatoms. The third-order valence-corrected chi connectivity index (χ3v) is 9.74. The van der Waals surface area contributed by atoms with Gasteiger partial charge in [0.25, 0.3) is 5.91 Å². The predicted octanol–water partition coefficient (Wildman–Crippen LogP) is 2.67. The Morgan fingerprint density at radius 3 is 2.36 bits per heavy atom. The van der Waals surface area contributed by atoms with Crippen molar-refractivity contribution in [2.75, 3.05) is 19.4 Å². The zero-order valence-electron chi connectivity index (χ0n) is 25.2. The number of phenols is 1. The smallest absolute Gasteiger partial charge is 0.255 e. The third-order valence-electron chi connectivity index (χ3n) is 9.74. The minimum absolute atomic E-state index is 0.0671. The summed E-state index contributed by atoms with van der Waals surface area (Å²) >= 11 is 0. The van der Waals surface area contributed by atoms with Gasteiger partial charge < -0.3 is 36.6 Å². The van der Waals surface area contributed by atoms with Gasteiger partial charge in [0.2, 0.25) is 5.78 Å². The molecule has 2 aromatic carbocycles. The zero-order valence-corrected chi connectivity index (χ0v) is 25.2. The van der Waals surface area contributed by atoms with Gasteiger partial charge in [0.15, 0.2) is 11.4 Å². The normalized spacial score (nSPS) is 29.5. The molecule has 6 rings (SSSR count). The molecule has 11 nitrogen and oxygen atoms in total. The van der Waals surface area contributed by atoms with E-state index >= 15 is 0 Å². The SMILES string of the molecule is CC1=C(c2ccccc2)C=C(Nc2ccc3c(c2O)C(O)=C2C(=O)[C@]4(O)C(O)=C(C(N)=O)C(=O)[C@@H](N(C)C)[C@@H]4[C@@H](O)[C@@H]2[C@H]3C)C1. The molecule has 0 saturated heterocycles. The highest BCUT2D eigenvalue weighted by Gasteiger charge is 2.68. The number of carbonyl (C=O) groups excluding carboxylic acids is 3. The van der Waals surface area contributed by atoms with Crippen LogP contribution in [0.25, 0.3) is 11.3 Å². The van der Waals surface area contributed by atoms with E-state index in [2.05, 4.69) is 5.32 Å². The molecule has 0 aromatic heterocycles. The van der Waals surface area contributed by atoms with Crippen LogP contribution in [0.5, 0.6) is 5.75 Å². The van der Waals surface area contributed by atoms with Gasteiger partial charge in [-0.1, -0.05) is 48.9 Å². The molecule has 1 fully saturated rings. The lowest BCUT2D eigenvalue weighted by Gasteiger charge is -2.53. The van der Waals surface area contributed by atoms with Crippen LogP contribution in [0.4, 0.5) is 5.69 Å². The van der Waals surface area contributed by atoms with Crippen LogP contribution in [-0.4, -0.2) is 79.7 Å². The minimum Gasteiger partial charge on any atom is -0.508 e. The second kappa shape index (κ2) is 10.4. The molecule has 234 valence electrons. The number of Topliss-reactive ketones (excluding diaryl/α,β-unsaturated/α-hetero) is 2. The number of aromatic hydroxyl groups is 1. The number of hydrogen-bond donors (Lipinski definition) is 7. The van der Waals surface area contributed by atoms with Crippen molar-refractivity contribution in [2.24, 2.45) is 17.6 Å².